The maximum Gasteiger partial charge on any atom is 0.255 e. The molecule has 1 aliphatic heterocycles. The van der Waals surface area contributed by atoms with Crippen LogP contribution in [-0.4, -0.2) is 36.9 Å². The molecule has 1 amide bonds. The number of hydrogen-bond donors (Lipinski definition) is 2. The molecule has 1 atom stereocenters. The zero-order valence-electron chi connectivity index (χ0n) is 14.0. The van der Waals surface area contributed by atoms with Gasteiger partial charge in [-0.15, -0.1) is 0 Å². The molecule has 3 rings (SSSR count). The standard InChI is InChI=1S/C18H21N3O3S/c1-2-13-5-3-4-6-16(13)21-18(22)14-7-9-19-17(11-14)20-15-8-10-25(23,24)12-15/h3-7,9,11,15H,2,8,10,12H2,1H3,(H,19,20)(H,21,22). The number of nitrogens with zero attached hydrogens (tertiary/aromatic N) is 1. The molecule has 6 nitrogen and oxygen atoms in total. The summed E-state index contributed by atoms with van der Waals surface area (Å²) in [4.78, 5) is 16.7. The van der Waals surface area contributed by atoms with Gasteiger partial charge in [0.05, 0.1) is 11.5 Å². The van der Waals surface area contributed by atoms with Crippen molar-refractivity contribution in [3.63, 3.8) is 0 Å². The van der Waals surface area contributed by atoms with Gasteiger partial charge in [0.15, 0.2) is 9.84 Å². The number of benzene rings is 1. The summed E-state index contributed by atoms with van der Waals surface area (Å²) in [6, 6.07) is 10.8. The molecule has 1 aromatic heterocycles. The molecule has 1 aliphatic rings. The molecule has 2 N–H and O–H groups in total. The maximum atomic E-state index is 12.5. The van der Waals surface area contributed by atoms with Crippen molar-refractivity contribution in [3.8, 4) is 0 Å². The third-order valence-electron chi connectivity index (χ3n) is 4.25. The van der Waals surface area contributed by atoms with Crippen LogP contribution in [0.3, 0.4) is 0 Å². The van der Waals surface area contributed by atoms with Crippen LogP contribution in [0.2, 0.25) is 0 Å². The lowest BCUT2D eigenvalue weighted by Crippen LogP contribution is -2.21. The minimum Gasteiger partial charge on any atom is -0.366 e. The van der Waals surface area contributed by atoms with Gasteiger partial charge in [0, 0.05) is 23.5 Å². The van der Waals surface area contributed by atoms with Gasteiger partial charge in [-0.2, -0.15) is 0 Å². The molecule has 0 spiro atoms. The predicted molar refractivity (Wildman–Crippen MR) is 98.7 cm³/mol. The minimum atomic E-state index is -2.96. The van der Waals surface area contributed by atoms with E-state index in [1.54, 1.807) is 18.3 Å². The van der Waals surface area contributed by atoms with Crippen LogP contribution in [0.5, 0.6) is 0 Å². The lowest BCUT2D eigenvalue weighted by atomic mass is 10.1. The summed E-state index contributed by atoms with van der Waals surface area (Å²) < 4.78 is 23.1. The van der Waals surface area contributed by atoms with Gasteiger partial charge in [0.25, 0.3) is 5.91 Å². The first-order chi connectivity index (χ1) is 12.0. The van der Waals surface area contributed by atoms with Crippen molar-refractivity contribution in [2.75, 3.05) is 22.1 Å². The van der Waals surface area contributed by atoms with E-state index in [0.717, 1.165) is 17.7 Å². The van der Waals surface area contributed by atoms with Gasteiger partial charge in [-0.05, 0) is 36.6 Å². The Morgan fingerprint density at radius 1 is 1.28 bits per heavy atom. The zero-order chi connectivity index (χ0) is 17.9. The Bertz CT molecular complexity index is 881. The van der Waals surface area contributed by atoms with E-state index in [9.17, 15) is 13.2 Å². The number of carbonyl (C=O) groups is 1. The van der Waals surface area contributed by atoms with Crippen molar-refractivity contribution in [2.45, 2.75) is 25.8 Å². The van der Waals surface area contributed by atoms with Gasteiger partial charge in [-0.25, -0.2) is 13.4 Å². The van der Waals surface area contributed by atoms with Gasteiger partial charge in [-0.1, -0.05) is 25.1 Å². The number of nitrogens with one attached hydrogen (secondary N) is 2. The second-order valence-corrected chi connectivity index (χ2v) is 8.37. The van der Waals surface area contributed by atoms with E-state index < -0.39 is 9.84 Å². The molecule has 25 heavy (non-hydrogen) atoms. The normalized spacial score (nSPS) is 18.7. The average Bonchev–Trinajstić information content (AvgIpc) is 2.94. The largest absolute Gasteiger partial charge is 0.366 e. The number of carbonyl (C=O) groups excluding carboxylic acids is 1. The van der Waals surface area contributed by atoms with Crippen molar-refractivity contribution in [1.29, 1.82) is 0 Å². The van der Waals surface area contributed by atoms with Crippen LogP contribution in [0.15, 0.2) is 42.6 Å². The molecular weight excluding hydrogens is 338 g/mol. The van der Waals surface area contributed by atoms with E-state index >= 15 is 0 Å². The molecule has 7 heteroatoms. The van der Waals surface area contributed by atoms with Gasteiger partial charge >= 0.3 is 0 Å². The topological polar surface area (TPSA) is 88.2 Å². The first kappa shape index (κ1) is 17.4. The fraction of sp³-hybridized carbons (Fsp3) is 0.333. The van der Waals surface area contributed by atoms with E-state index in [2.05, 4.69) is 15.6 Å². The van der Waals surface area contributed by atoms with Crippen LogP contribution in [0, 0.1) is 0 Å². The number of anilines is 2. The van der Waals surface area contributed by atoms with Crippen molar-refractivity contribution in [1.82, 2.24) is 4.98 Å². The number of aromatic nitrogens is 1. The van der Waals surface area contributed by atoms with Crippen molar-refractivity contribution in [2.24, 2.45) is 0 Å². The Morgan fingerprint density at radius 2 is 2.08 bits per heavy atom. The number of aryl methyl sites for hydroxylation is 1. The van der Waals surface area contributed by atoms with Gasteiger partial charge in [0.1, 0.15) is 5.82 Å². The van der Waals surface area contributed by atoms with Crippen LogP contribution in [0.4, 0.5) is 11.5 Å². The molecule has 1 unspecified atom stereocenters. The third kappa shape index (κ3) is 4.36. The minimum absolute atomic E-state index is 0.106. The summed E-state index contributed by atoms with van der Waals surface area (Å²) in [5.41, 5.74) is 2.34. The van der Waals surface area contributed by atoms with Crippen LogP contribution in [0.1, 0.15) is 29.3 Å². The lowest BCUT2D eigenvalue weighted by molar-refractivity contribution is 0.102. The molecule has 1 fully saturated rings. The highest BCUT2D eigenvalue weighted by Gasteiger charge is 2.28. The fourth-order valence-electron chi connectivity index (χ4n) is 2.91. The highest BCUT2D eigenvalue weighted by molar-refractivity contribution is 7.91. The number of rotatable bonds is 5. The SMILES string of the molecule is CCc1ccccc1NC(=O)c1ccnc(NC2CCS(=O)(=O)C2)c1. The van der Waals surface area contributed by atoms with E-state index in [4.69, 9.17) is 0 Å². The molecule has 1 aromatic carbocycles. The highest BCUT2D eigenvalue weighted by atomic mass is 32.2. The zero-order valence-corrected chi connectivity index (χ0v) is 14.8. The van der Waals surface area contributed by atoms with Crippen LogP contribution in [0.25, 0.3) is 0 Å². The second kappa shape index (κ2) is 7.23. The summed E-state index contributed by atoms with van der Waals surface area (Å²) in [5.74, 6) is 0.595. The Morgan fingerprint density at radius 3 is 2.80 bits per heavy atom. The number of sulfone groups is 1. The molecule has 0 saturated carbocycles. The third-order valence-corrected chi connectivity index (χ3v) is 6.02. The smallest absolute Gasteiger partial charge is 0.255 e. The molecule has 132 valence electrons. The monoisotopic (exact) mass is 359 g/mol. The Kier molecular flexibility index (Phi) is 5.03. The molecule has 1 saturated heterocycles. The Hall–Kier alpha value is -2.41. The van der Waals surface area contributed by atoms with Crippen molar-refractivity contribution < 1.29 is 13.2 Å². The second-order valence-electron chi connectivity index (χ2n) is 6.14. The van der Waals surface area contributed by atoms with Crippen molar-refractivity contribution >= 4 is 27.2 Å². The van der Waals surface area contributed by atoms with E-state index in [0.29, 0.717) is 17.8 Å². The number of amides is 1. The van der Waals surface area contributed by atoms with Crippen LogP contribution >= 0.6 is 0 Å². The lowest BCUT2D eigenvalue weighted by Gasteiger charge is -2.13. The molecule has 2 aromatic rings. The molecule has 0 bridgehead atoms. The predicted octanol–water partition coefficient (Wildman–Crippen LogP) is 2.50. The highest BCUT2D eigenvalue weighted by Crippen LogP contribution is 2.19. The maximum absolute atomic E-state index is 12.5. The summed E-state index contributed by atoms with van der Waals surface area (Å²) in [6.45, 7) is 2.04. The quantitative estimate of drug-likeness (QED) is 0.856. The number of hydrogen-bond acceptors (Lipinski definition) is 5. The van der Waals surface area contributed by atoms with Gasteiger partial charge in [0.2, 0.25) is 0 Å². The molecule has 0 radical (unpaired) electrons. The summed E-state index contributed by atoms with van der Waals surface area (Å²) in [7, 11) is -2.96. The van der Waals surface area contributed by atoms with E-state index in [-0.39, 0.29) is 23.5 Å². The van der Waals surface area contributed by atoms with Crippen LogP contribution in [-0.2, 0) is 16.3 Å². The summed E-state index contributed by atoms with van der Waals surface area (Å²) >= 11 is 0. The fourth-order valence-corrected chi connectivity index (χ4v) is 4.59. The van der Waals surface area contributed by atoms with Crippen molar-refractivity contribution in [3.05, 3.63) is 53.7 Å². The summed E-state index contributed by atoms with van der Waals surface area (Å²) in [6.07, 6.45) is 2.94. The Labute approximate surface area is 147 Å². The first-order valence-electron chi connectivity index (χ1n) is 8.29. The first-order valence-corrected chi connectivity index (χ1v) is 10.1. The molecule has 2 heterocycles. The number of pyridine rings is 1. The number of para-hydroxylation sites is 1. The summed E-state index contributed by atoms with van der Waals surface area (Å²) in [5, 5.41) is 6.03. The average molecular weight is 359 g/mol. The van der Waals surface area contributed by atoms with E-state index in [1.807, 2.05) is 31.2 Å². The van der Waals surface area contributed by atoms with Gasteiger partial charge < -0.3 is 10.6 Å². The Balaban J connectivity index is 1.71. The van der Waals surface area contributed by atoms with Crippen LogP contribution < -0.4 is 10.6 Å². The molecular formula is C18H21N3O3S. The van der Waals surface area contributed by atoms with E-state index in [1.165, 1.54) is 0 Å². The van der Waals surface area contributed by atoms with Gasteiger partial charge in [-0.3, -0.25) is 4.79 Å². The molecule has 0 aliphatic carbocycles.